The van der Waals surface area contributed by atoms with Crippen LogP contribution < -0.4 is 0 Å². The van der Waals surface area contributed by atoms with Gasteiger partial charge in [0, 0.05) is 36.1 Å². The number of rotatable bonds is 3. The van der Waals surface area contributed by atoms with Gasteiger partial charge in [0.25, 0.3) is 0 Å². The standard InChI is InChI=1S/C22H29FN2/c1-16-8-9-20-18(12-16)19-14-24(3)11-10-21(19)25(20)15-22(2,23)13-17-6-4-5-7-17/h8-9,12-13H,4-7,10-11,14-15H2,1-3H3. The second-order valence-electron chi connectivity index (χ2n) is 8.31. The zero-order valence-corrected chi connectivity index (χ0v) is 15.7. The SMILES string of the molecule is Cc1ccc2c(c1)c1c(n2CC(C)(F)C=C2CCCC2)CCN(C)C1. The van der Waals surface area contributed by atoms with Gasteiger partial charge in [0.2, 0.25) is 0 Å². The van der Waals surface area contributed by atoms with E-state index in [-0.39, 0.29) is 0 Å². The fraction of sp³-hybridized carbons (Fsp3) is 0.545. The van der Waals surface area contributed by atoms with Gasteiger partial charge in [0.15, 0.2) is 0 Å². The van der Waals surface area contributed by atoms with Crippen LogP contribution in [-0.4, -0.2) is 28.7 Å². The van der Waals surface area contributed by atoms with Crippen LogP contribution in [0, 0.1) is 6.92 Å². The minimum atomic E-state index is -1.28. The van der Waals surface area contributed by atoms with E-state index in [9.17, 15) is 0 Å². The normalized spacial score (nSPS) is 20.7. The molecular weight excluding hydrogens is 311 g/mol. The van der Waals surface area contributed by atoms with Crippen LogP contribution in [-0.2, 0) is 19.5 Å². The first kappa shape index (κ1) is 16.8. The monoisotopic (exact) mass is 340 g/mol. The van der Waals surface area contributed by atoms with Gasteiger partial charge in [-0.1, -0.05) is 17.2 Å². The highest BCUT2D eigenvalue weighted by molar-refractivity contribution is 5.86. The molecular formula is C22H29FN2. The van der Waals surface area contributed by atoms with Gasteiger partial charge in [0.05, 0.1) is 6.54 Å². The fourth-order valence-corrected chi connectivity index (χ4v) is 4.63. The van der Waals surface area contributed by atoms with E-state index < -0.39 is 5.67 Å². The molecule has 2 aromatic rings. The van der Waals surface area contributed by atoms with E-state index in [1.165, 1.54) is 46.1 Å². The maximum absolute atomic E-state index is 15.5. The number of likely N-dealkylation sites (N-methyl/N-ethyl adjacent to an activating group) is 1. The van der Waals surface area contributed by atoms with Gasteiger partial charge < -0.3 is 9.47 Å². The molecule has 1 atom stereocenters. The lowest BCUT2D eigenvalue weighted by molar-refractivity contribution is 0.220. The van der Waals surface area contributed by atoms with E-state index in [4.69, 9.17) is 0 Å². The molecule has 0 saturated heterocycles. The molecule has 2 aliphatic rings. The topological polar surface area (TPSA) is 8.17 Å². The van der Waals surface area contributed by atoms with Crippen LogP contribution in [0.4, 0.5) is 4.39 Å². The van der Waals surface area contributed by atoms with Crippen LogP contribution >= 0.6 is 0 Å². The lowest BCUT2D eigenvalue weighted by Gasteiger charge is -2.26. The third kappa shape index (κ3) is 3.27. The zero-order valence-electron chi connectivity index (χ0n) is 15.7. The van der Waals surface area contributed by atoms with Crippen LogP contribution in [0.3, 0.4) is 0 Å². The van der Waals surface area contributed by atoms with E-state index in [2.05, 4.69) is 41.6 Å². The molecule has 1 saturated carbocycles. The van der Waals surface area contributed by atoms with Crippen LogP contribution in [0.1, 0.15) is 49.4 Å². The summed E-state index contributed by atoms with van der Waals surface area (Å²) in [6, 6.07) is 6.61. The van der Waals surface area contributed by atoms with Gasteiger partial charge in [-0.05, 0) is 70.4 Å². The van der Waals surface area contributed by atoms with E-state index in [0.717, 1.165) is 32.4 Å². The number of hydrogen-bond acceptors (Lipinski definition) is 1. The molecule has 0 spiro atoms. The highest BCUT2D eigenvalue weighted by atomic mass is 19.1. The number of hydrogen-bond donors (Lipinski definition) is 0. The van der Waals surface area contributed by atoms with Crippen molar-refractivity contribution < 1.29 is 4.39 Å². The maximum atomic E-state index is 15.5. The molecule has 1 fully saturated rings. The predicted octanol–water partition coefficient (Wildman–Crippen LogP) is 5.17. The smallest absolute Gasteiger partial charge is 0.144 e. The quantitative estimate of drug-likeness (QED) is 0.700. The summed E-state index contributed by atoms with van der Waals surface area (Å²) in [5.74, 6) is 0. The Bertz CT molecular complexity index is 820. The van der Waals surface area contributed by atoms with Gasteiger partial charge in [-0.25, -0.2) is 4.39 Å². The van der Waals surface area contributed by atoms with Crippen molar-refractivity contribution in [3.63, 3.8) is 0 Å². The van der Waals surface area contributed by atoms with E-state index >= 15 is 4.39 Å². The number of aromatic nitrogens is 1. The summed E-state index contributed by atoms with van der Waals surface area (Å²) < 4.78 is 17.7. The minimum absolute atomic E-state index is 0.426. The molecule has 0 N–H and O–H groups in total. The summed E-state index contributed by atoms with van der Waals surface area (Å²) >= 11 is 0. The Labute approximate surface area is 150 Å². The van der Waals surface area contributed by atoms with Crippen molar-refractivity contribution in [1.29, 1.82) is 0 Å². The van der Waals surface area contributed by atoms with Crippen molar-refractivity contribution in [3.8, 4) is 0 Å². The first-order valence-electron chi connectivity index (χ1n) is 9.62. The molecule has 134 valence electrons. The maximum Gasteiger partial charge on any atom is 0.144 e. The molecule has 25 heavy (non-hydrogen) atoms. The molecule has 0 radical (unpaired) electrons. The number of benzene rings is 1. The third-order valence-corrected chi connectivity index (χ3v) is 5.82. The number of alkyl halides is 1. The third-order valence-electron chi connectivity index (χ3n) is 5.82. The van der Waals surface area contributed by atoms with Crippen molar-refractivity contribution in [1.82, 2.24) is 9.47 Å². The van der Waals surface area contributed by atoms with Gasteiger partial charge in [0.1, 0.15) is 5.67 Å². The molecule has 2 nitrogen and oxygen atoms in total. The summed E-state index contributed by atoms with van der Waals surface area (Å²) in [7, 11) is 2.17. The number of nitrogens with zero attached hydrogens (tertiary/aromatic N) is 2. The van der Waals surface area contributed by atoms with Crippen molar-refractivity contribution >= 4 is 10.9 Å². The lowest BCUT2D eigenvalue weighted by Crippen LogP contribution is -2.30. The average Bonchev–Trinajstić information content (AvgIpc) is 3.14. The van der Waals surface area contributed by atoms with Crippen LogP contribution in [0.15, 0.2) is 29.8 Å². The first-order chi connectivity index (χ1) is 11.9. The Morgan fingerprint density at radius 2 is 1.96 bits per heavy atom. The summed E-state index contributed by atoms with van der Waals surface area (Å²) in [5.41, 5.74) is 5.24. The Kier molecular flexibility index (Phi) is 4.23. The highest BCUT2D eigenvalue weighted by Gasteiger charge is 2.28. The lowest BCUT2D eigenvalue weighted by atomic mass is 10.0. The van der Waals surface area contributed by atoms with Gasteiger partial charge in [-0.15, -0.1) is 0 Å². The number of halogens is 1. The van der Waals surface area contributed by atoms with E-state index in [0.29, 0.717) is 6.54 Å². The molecule has 1 aliphatic carbocycles. The van der Waals surface area contributed by atoms with Crippen molar-refractivity contribution in [2.45, 2.75) is 64.7 Å². The van der Waals surface area contributed by atoms with Gasteiger partial charge >= 0.3 is 0 Å². The van der Waals surface area contributed by atoms with E-state index in [1.54, 1.807) is 6.92 Å². The molecule has 2 heterocycles. The molecule has 0 bridgehead atoms. The Balaban J connectivity index is 1.77. The number of allylic oxidation sites excluding steroid dienone is 2. The molecule has 1 aromatic carbocycles. The number of aryl methyl sites for hydroxylation is 1. The van der Waals surface area contributed by atoms with Crippen LogP contribution in [0.25, 0.3) is 10.9 Å². The molecule has 1 aliphatic heterocycles. The molecule has 1 unspecified atom stereocenters. The fourth-order valence-electron chi connectivity index (χ4n) is 4.63. The minimum Gasteiger partial charge on any atom is -0.341 e. The molecule has 0 amide bonds. The summed E-state index contributed by atoms with van der Waals surface area (Å²) in [6.07, 6.45) is 7.51. The molecule has 3 heteroatoms. The second-order valence-corrected chi connectivity index (χ2v) is 8.31. The first-order valence-corrected chi connectivity index (χ1v) is 9.62. The van der Waals surface area contributed by atoms with Crippen molar-refractivity contribution in [3.05, 3.63) is 46.7 Å². The molecule has 4 rings (SSSR count). The Morgan fingerprint density at radius 3 is 2.72 bits per heavy atom. The average molecular weight is 340 g/mol. The largest absolute Gasteiger partial charge is 0.341 e. The predicted molar refractivity (Wildman–Crippen MR) is 103 cm³/mol. The zero-order chi connectivity index (χ0) is 17.6. The van der Waals surface area contributed by atoms with Crippen molar-refractivity contribution in [2.75, 3.05) is 13.6 Å². The Hall–Kier alpha value is -1.61. The second kappa shape index (κ2) is 6.28. The summed E-state index contributed by atoms with van der Waals surface area (Å²) in [4.78, 5) is 2.36. The van der Waals surface area contributed by atoms with Crippen molar-refractivity contribution in [2.24, 2.45) is 0 Å². The van der Waals surface area contributed by atoms with E-state index in [1.807, 2.05) is 6.08 Å². The number of fused-ring (bicyclic) bond motifs is 3. The van der Waals surface area contributed by atoms with Crippen LogP contribution in [0.2, 0.25) is 0 Å². The summed E-state index contributed by atoms with van der Waals surface area (Å²) in [5, 5.41) is 1.31. The van der Waals surface area contributed by atoms with Gasteiger partial charge in [-0.3, -0.25) is 0 Å². The van der Waals surface area contributed by atoms with Gasteiger partial charge in [-0.2, -0.15) is 0 Å². The Morgan fingerprint density at radius 1 is 1.20 bits per heavy atom. The highest BCUT2D eigenvalue weighted by Crippen LogP contribution is 2.34. The van der Waals surface area contributed by atoms with Crippen LogP contribution in [0.5, 0.6) is 0 Å². The molecule has 1 aromatic heterocycles. The summed E-state index contributed by atoms with van der Waals surface area (Å²) in [6.45, 7) is 6.33.